The SMILES string of the molecule is c1ccc(-n2c3ccccc3c3cnc4c5ccccc5[nH]c4c32)cc1. The van der Waals surface area contributed by atoms with Gasteiger partial charge in [0.15, 0.2) is 0 Å². The van der Waals surface area contributed by atoms with Crippen LogP contribution in [0.5, 0.6) is 0 Å². The molecule has 6 aromatic rings. The maximum absolute atomic E-state index is 4.81. The molecule has 0 amide bonds. The first-order valence-corrected chi connectivity index (χ1v) is 8.76. The molecule has 0 aliphatic carbocycles. The van der Waals surface area contributed by atoms with Crippen LogP contribution < -0.4 is 0 Å². The summed E-state index contributed by atoms with van der Waals surface area (Å²) in [4.78, 5) is 8.42. The molecular formula is C23H15N3. The normalized spacial score (nSPS) is 11.8. The highest BCUT2D eigenvalue weighted by Gasteiger charge is 2.17. The summed E-state index contributed by atoms with van der Waals surface area (Å²) >= 11 is 0. The summed E-state index contributed by atoms with van der Waals surface area (Å²) < 4.78 is 2.34. The molecule has 3 aromatic heterocycles. The van der Waals surface area contributed by atoms with Crippen molar-refractivity contribution in [2.24, 2.45) is 0 Å². The number of nitrogens with zero attached hydrogens (tertiary/aromatic N) is 2. The van der Waals surface area contributed by atoms with Gasteiger partial charge < -0.3 is 9.55 Å². The standard InChI is InChI=1S/C23H15N3/c1-2-8-15(9-3-1)26-20-13-7-5-10-16(20)18-14-24-21-17-11-4-6-12-19(17)25-22(21)23(18)26/h1-14,25H. The number of aromatic amines is 1. The van der Waals surface area contributed by atoms with Crippen molar-refractivity contribution in [1.82, 2.24) is 14.5 Å². The van der Waals surface area contributed by atoms with Crippen LogP contribution in [0.2, 0.25) is 0 Å². The van der Waals surface area contributed by atoms with E-state index in [1.807, 2.05) is 6.20 Å². The largest absolute Gasteiger partial charge is 0.351 e. The minimum absolute atomic E-state index is 1.02. The molecular weight excluding hydrogens is 318 g/mol. The van der Waals surface area contributed by atoms with Crippen LogP contribution in [0.4, 0.5) is 0 Å². The zero-order valence-electron chi connectivity index (χ0n) is 14.0. The van der Waals surface area contributed by atoms with E-state index >= 15 is 0 Å². The third kappa shape index (κ3) is 1.69. The highest BCUT2D eigenvalue weighted by atomic mass is 15.0. The summed E-state index contributed by atoms with van der Waals surface area (Å²) in [5.74, 6) is 0. The monoisotopic (exact) mass is 333 g/mol. The average molecular weight is 333 g/mol. The van der Waals surface area contributed by atoms with Crippen LogP contribution in [-0.2, 0) is 0 Å². The first kappa shape index (κ1) is 13.7. The van der Waals surface area contributed by atoms with Crippen LogP contribution in [0.3, 0.4) is 0 Å². The quantitative estimate of drug-likeness (QED) is 0.404. The summed E-state index contributed by atoms with van der Waals surface area (Å²) in [6, 6.07) is 27.4. The summed E-state index contributed by atoms with van der Waals surface area (Å²) in [5, 5.41) is 3.55. The fourth-order valence-corrected chi connectivity index (χ4v) is 4.05. The van der Waals surface area contributed by atoms with Crippen molar-refractivity contribution >= 4 is 43.7 Å². The number of fused-ring (bicyclic) bond motifs is 7. The Hall–Kier alpha value is -3.59. The van der Waals surface area contributed by atoms with Gasteiger partial charge in [-0.2, -0.15) is 0 Å². The number of rotatable bonds is 1. The number of H-pyrrole nitrogens is 1. The van der Waals surface area contributed by atoms with Crippen molar-refractivity contribution in [2.75, 3.05) is 0 Å². The van der Waals surface area contributed by atoms with Gasteiger partial charge in [0, 0.05) is 33.6 Å². The van der Waals surface area contributed by atoms with Crippen LogP contribution in [0.1, 0.15) is 0 Å². The van der Waals surface area contributed by atoms with Crippen LogP contribution >= 0.6 is 0 Å². The summed E-state index contributed by atoms with van der Waals surface area (Å²) in [6.45, 7) is 0. The molecule has 0 aliphatic rings. The first-order valence-electron chi connectivity index (χ1n) is 8.76. The molecule has 0 unspecified atom stereocenters. The number of para-hydroxylation sites is 3. The molecule has 6 rings (SSSR count). The maximum Gasteiger partial charge on any atom is 0.0979 e. The number of nitrogens with one attached hydrogen (secondary N) is 1. The van der Waals surface area contributed by atoms with Gasteiger partial charge in [-0.25, -0.2) is 0 Å². The third-order valence-electron chi connectivity index (χ3n) is 5.17. The van der Waals surface area contributed by atoms with Crippen LogP contribution in [-0.4, -0.2) is 14.5 Å². The fraction of sp³-hybridized carbons (Fsp3) is 0. The number of hydrogen-bond acceptors (Lipinski definition) is 1. The Balaban J connectivity index is 1.92. The zero-order chi connectivity index (χ0) is 17.1. The van der Waals surface area contributed by atoms with E-state index in [9.17, 15) is 0 Å². The Labute approximate surface area is 149 Å². The smallest absolute Gasteiger partial charge is 0.0979 e. The molecule has 0 bridgehead atoms. The van der Waals surface area contributed by atoms with E-state index in [1.165, 1.54) is 21.8 Å². The molecule has 0 radical (unpaired) electrons. The van der Waals surface area contributed by atoms with E-state index in [1.54, 1.807) is 0 Å². The van der Waals surface area contributed by atoms with Gasteiger partial charge in [-0.05, 0) is 24.3 Å². The molecule has 0 saturated heterocycles. The molecule has 122 valence electrons. The zero-order valence-corrected chi connectivity index (χ0v) is 14.0. The van der Waals surface area contributed by atoms with Gasteiger partial charge in [0.2, 0.25) is 0 Å². The highest BCUT2D eigenvalue weighted by molar-refractivity contribution is 6.21. The second-order valence-electron chi connectivity index (χ2n) is 6.60. The average Bonchev–Trinajstić information content (AvgIpc) is 3.24. The van der Waals surface area contributed by atoms with Crippen molar-refractivity contribution in [3.05, 3.63) is 85.1 Å². The fourth-order valence-electron chi connectivity index (χ4n) is 4.05. The first-order chi connectivity index (χ1) is 12.9. The van der Waals surface area contributed by atoms with Crippen LogP contribution in [0, 0.1) is 0 Å². The Morgan fingerprint density at radius 3 is 2.31 bits per heavy atom. The summed E-state index contributed by atoms with van der Waals surface area (Å²) in [6.07, 6.45) is 2.01. The van der Waals surface area contributed by atoms with Crippen molar-refractivity contribution in [1.29, 1.82) is 0 Å². The minimum atomic E-state index is 1.02. The molecule has 3 heterocycles. The Morgan fingerprint density at radius 2 is 1.42 bits per heavy atom. The van der Waals surface area contributed by atoms with Gasteiger partial charge in [-0.15, -0.1) is 0 Å². The minimum Gasteiger partial charge on any atom is -0.351 e. The van der Waals surface area contributed by atoms with E-state index in [-0.39, 0.29) is 0 Å². The molecule has 1 N–H and O–H groups in total. The van der Waals surface area contributed by atoms with Crippen molar-refractivity contribution < 1.29 is 0 Å². The summed E-state index contributed by atoms with van der Waals surface area (Å²) in [5.41, 5.74) is 6.76. The molecule has 0 fully saturated rings. The van der Waals surface area contributed by atoms with Gasteiger partial charge in [-0.3, -0.25) is 4.98 Å². The number of benzene rings is 3. The second-order valence-corrected chi connectivity index (χ2v) is 6.60. The molecule has 0 spiro atoms. The lowest BCUT2D eigenvalue weighted by atomic mass is 10.2. The lowest BCUT2D eigenvalue weighted by Gasteiger charge is -2.07. The second kappa shape index (κ2) is 4.96. The third-order valence-corrected chi connectivity index (χ3v) is 5.17. The predicted octanol–water partition coefficient (Wildman–Crippen LogP) is 5.81. The lowest BCUT2D eigenvalue weighted by molar-refractivity contribution is 1.18. The van der Waals surface area contributed by atoms with E-state index in [0.717, 1.165) is 27.6 Å². The van der Waals surface area contributed by atoms with Crippen LogP contribution in [0.15, 0.2) is 85.1 Å². The highest BCUT2D eigenvalue weighted by Crippen LogP contribution is 2.37. The maximum atomic E-state index is 4.81. The summed E-state index contributed by atoms with van der Waals surface area (Å²) in [7, 11) is 0. The Morgan fingerprint density at radius 1 is 0.692 bits per heavy atom. The van der Waals surface area contributed by atoms with E-state index in [4.69, 9.17) is 4.98 Å². The molecule has 3 nitrogen and oxygen atoms in total. The molecule has 3 heteroatoms. The van der Waals surface area contributed by atoms with Gasteiger partial charge in [0.05, 0.1) is 22.1 Å². The van der Waals surface area contributed by atoms with Gasteiger partial charge in [0.1, 0.15) is 0 Å². The Bertz CT molecular complexity index is 1420. The lowest BCUT2D eigenvalue weighted by Crippen LogP contribution is -1.94. The van der Waals surface area contributed by atoms with Gasteiger partial charge >= 0.3 is 0 Å². The molecule has 3 aromatic carbocycles. The van der Waals surface area contributed by atoms with Gasteiger partial charge in [-0.1, -0.05) is 54.6 Å². The molecule has 0 atom stereocenters. The number of aromatic nitrogens is 3. The van der Waals surface area contributed by atoms with E-state index in [2.05, 4.69) is 88.4 Å². The predicted molar refractivity (Wildman–Crippen MR) is 108 cm³/mol. The molecule has 0 saturated carbocycles. The van der Waals surface area contributed by atoms with E-state index in [0.29, 0.717) is 0 Å². The van der Waals surface area contributed by atoms with Crippen LogP contribution in [0.25, 0.3) is 49.4 Å². The van der Waals surface area contributed by atoms with Crippen molar-refractivity contribution in [3.63, 3.8) is 0 Å². The topological polar surface area (TPSA) is 33.6 Å². The molecule has 0 aliphatic heterocycles. The van der Waals surface area contributed by atoms with Crippen molar-refractivity contribution in [3.8, 4) is 5.69 Å². The van der Waals surface area contributed by atoms with Gasteiger partial charge in [0.25, 0.3) is 0 Å². The molecule has 26 heavy (non-hydrogen) atoms. The number of pyridine rings is 1. The number of hydrogen-bond donors (Lipinski definition) is 1. The van der Waals surface area contributed by atoms with Crippen molar-refractivity contribution in [2.45, 2.75) is 0 Å². The van der Waals surface area contributed by atoms with E-state index < -0.39 is 0 Å². The Kier molecular flexibility index (Phi) is 2.61.